The molecule has 0 amide bonds. The van der Waals surface area contributed by atoms with E-state index in [-0.39, 0.29) is 21.4 Å². The molecule has 2 N–H and O–H groups in total. The second kappa shape index (κ2) is 4.76. The quantitative estimate of drug-likeness (QED) is 0.291. The molecule has 0 aromatic carbocycles. The molecule has 0 atom stereocenters. The fourth-order valence-corrected chi connectivity index (χ4v) is 0. The van der Waals surface area contributed by atoms with Crippen LogP contribution in [0.2, 0.25) is 0 Å². The normalized spacial score (nSPS) is 5.00. The van der Waals surface area contributed by atoms with E-state index in [1.54, 1.807) is 0 Å². The third kappa shape index (κ3) is 62.8. The van der Waals surface area contributed by atoms with Gasteiger partial charge in [0, 0.05) is 17.1 Å². The summed E-state index contributed by atoms with van der Waals surface area (Å²) >= 11 is 7.65. The van der Waals surface area contributed by atoms with Crippen molar-refractivity contribution in [3.8, 4) is 0 Å². The van der Waals surface area contributed by atoms with Crippen molar-refractivity contribution in [1.82, 2.24) is 0 Å². The van der Waals surface area contributed by atoms with Gasteiger partial charge in [-0.05, 0) is 0 Å². The number of hydrogen-bond acceptors (Lipinski definition) is 1. The van der Waals surface area contributed by atoms with Crippen LogP contribution in [0, 0.1) is 0 Å². The van der Waals surface area contributed by atoms with Crippen LogP contribution in [0.1, 0.15) is 0 Å². The van der Waals surface area contributed by atoms with Gasteiger partial charge >= 0.3 is 0 Å². The van der Waals surface area contributed by atoms with E-state index in [2.05, 4.69) is 24.8 Å². The molecule has 0 aromatic heterocycles. The average Bonchev–Trinajstić information content (AvgIpc) is 0.811. The molecular formula is CH3FeNS2. The number of hydrogen-bond donors (Lipinski definition) is 2. The maximum absolute atomic E-state index is 4.71. The Morgan fingerprint density at radius 1 is 1.80 bits per heavy atom. The molecule has 5 heavy (non-hydrogen) atoms. The minimum atomic E-state index is 0. The van der Waals surface area contributed by atoms with E-state index >= 15 is 0 Å². The summed E-state index contributed by atoms with van der Waals surface area (Å²) in [6.45, 7) is 0. The minimum Gasteiger partial charge on any atom is -0.385 e. The molecule has 0 unspecified atom stereocenters. The van der Waals surface area contributed by atoms with Crippen LogP contribution in [-0.4, -0.2) is 4.32 Å². The fourth-order valence-electron chi connectivity index (χ4n) is 0. The largest absolute Gasteiger partial charge is 0.385 e. The Labute approximate surface area is 52.2 Å². The summed E-state index contributed by atoms with van der Waals surface area (Å²) < 4.78 is 0.194. The molecule has 0 aliphatic heterocycles. The molecule has 0 saturated heterocycles. The van der Waals surface area contributed by atoms with Gasteiger partial charge in [-0.25, -0.2) is 0 Å². The first-order chi connectivity index (χ1) is 1.73. The molecule has 0 spiro atoms. The SMILES string of the molecule is NC(=S)S.[Fe]. The van der Waals surface area contributed by atoms with Gasteiger partial charge in [-0.1, -0.05) is 12.2 Å². The summed E-state index contributed by atoms with van der Waals surface area (Å²) in [6, 6.07) is 0. The Kier molecular flexibility index (Phi) is 8.79. The van der Waals surface area contributed by atoms with Crippen molar-refractivity contribution >= 4 is 29.2 Å². The first-order valence-corrected chi connectivity index (χ1v) is 1.57. The monoisotopic (exact) mass is 149 g/mol. The number of thiocarbonyl (C=S) groups is 1. The summed E-state index contributed by atoms with van der Waals surface area (Å²) in [7, 11) is 0. The van der Waals surface area contributed by atoms with E-state index in [0.717, 1.165) is 0 Å². The molecule has 0 rings (SSSR count). The molecule has 0 saturated carbocycles. The summed E-state index contributed by atoms with van der Waals surface area (Å²) in [5, 5.41) is 0. The van der Waals surface area contributed by atoms with Gasteiger partial charge < -0.3 is 5.73 Å². The van der Waals surface area contributed by atoms with Crippen molar-refractivity contribution in [1.29, 1.82) is 0 Å². The zero-order valence-electron chi connectivity index (χ0n) is 2.29. The summed E-state index contributed by atoms with van der Waals surface area (Å²) in [6.07, 6.45) is 0. The maximum Gasteiger partial charge on any atom is 0.128 e. The Balaban J connectivity index is 0. The molecule has 0 aliphatic rings. The average molecular weight is 149 g/mol. The van der Waals surface area contributed by atoms with Crippen LogP contribution in [0.5, 0.6) is 0 Å². The molecule has 4 heteroatoms. The van der Waals surface area contributed by atoms with Crippen LogP contribution in [0.25, 0.3) is 0 Å². The van der Waals surface area contributed by atoms with Gasteiger partial charge in [-0.15, -0.1) is 12.6 Å². The van der Waals surface area contributed by atoms with Crippen molar-refractivity contribution in [3.63, 3.8) is 0 Å². The Morgan fingerprint density at radius 2 is 1.80 bits per heavy atom. The maximum atomic E-state index is 4.71. The topological polar surface area (TPSA) is 26.0 Å². The van der Waals surface area contributed by atoms with Crippen LogP contribution in [0.15, 0.2) is 0 Å². The summed E-state index contributed by atoms with van der Waals surface area (Å²) in [4.78, 5) is 0. The Bertz CT molecular complexity index is 32.6. The molecule has 0 bridgehead atoms. The van der Waals surface area contributed by atoms with Gasteiger partial charge in [0.25, 0.3) is 0 Å². The molecular weight excluding hydrogens is 146 g/mol. The van der Waals surface area contributed by atoms with Crippen molar-refractivity contribution < 1.29 is 17.1 Å². The standard InChI is InChI=1S/CH3NS2.Fe/c2-1(3)4;/h(H3,2,3,4);. The van der Waals surface area contributed by atoms with E-state index in [1.165, 1.54) is 0 Å². The van der Waals surface area contributed by atoms with Crippen molar-refractivity contribution in [2.75, 3.05) is 0 Å². The second-order valence-electron chi connectivity index (χ2n) is 0.338. The predicted octanol–water partition coefficient (Wildman–Crippen LogP) is 0.157. The van der Waals surface area contributed by atoms with E-state index in [0.29, 0.717) is 0 Å². The van der Waals surface area contributed by atoms with Gasteiger partial charge in [0.1, 0.15) is 4.32 Å². The smallest absolute Gasteiger partial charge is 0.128 e. The zero-order chi connectivity index (χ0) is 3.58. The number of nitrogens with two attached hydrogens (primary N) is 1. The molecule has 32 valence electrons. The van der Waals surface area contributed by atoms with E-state index in [4.69, 9.17) is 5.73 Å². The van der Waals surface area contributed by atoms with Crippen LogP contribution in [0.4, 0.5) is 0 Å². The van der Waals surface area contributed by atoms with Gasteiger partial charge in [-0.3, -0.25) is 0 Å². The summed E-state index contributed by atoms with van der Waals surface area (Å²) in [5.41, 5.74) is 4.71. The molecule has 0 aromatic rings. The van der Waals surface area contributed by atoms with Gasteiger partial charge in [-0.2, -0.15) is 0 Å². The molecule has 0 radical (unpaired) electrons. The molecule has 0 aliphatic carbocycles. The first-order valence-electron chi connectivity index (χ1n) is 0.716. The van der Waals surface area contributed by atoms with Gasteiger partial charge in [0.2, 0.25) is 0 Å². The van der Waals surface area contributed by atoms with E-state index in [9.17, 15) is 0 Å². The number of thiol groups is 1. The molecule has 0 fully saturated rings. The third-order valence-corrected chi connectivity index (χ3v) is 0. The van der Waals surface area contributed by atoms with Crippen molar-refractivity contribution in [2.24, 2.45) is 5.73 Å². The fraction of sp³-hybridized carbons (Fsp3) is 0. The van der Waals surface area contributed by atoms with Crippen molar-refractivity contribution in [3.05, 3.63) is 0 Å². The van der Waals surface area contributed by atoms with Crippen LogP contribution >= 0.6 is 24.8 Å². The van der Waals surface area contributed by atoms with Crippen LogP contribution in [-0.2, 0) is 17.1 Å². The summed E-state index contributed by atoms with van der Waals surface area (Å²) in [5.74, 6) is 0. The molecule has 1 nitrogen and oxygen atoms in total. The van der Waals surface area contributed by atoms with Crippen LogP contribution < -0.4 is 5.73 Å². The van der Waals surface area contributed by atoms with Gasteiger partial charge in [0.05, 0.1) is 0 Å². The first kappa shape index (κ1) is 9.23. The number of rotatable bonds is 0. The molecule has 0 heterocycles. The van der Waals surface area contributed by atoms with Crippen LogP contribution in [0.3, 0.4) is 0 Å². The van der Waals surface area contributed by atoms with E-state index < -0.39 is 0 Å². The minimum absolute atomic E-state index is 0. The van der Waals surface area contributed by atoms with Gasteiger partial charge in [0.15, 0.2) is 0 Å². The second-order valence-corrected chi connectivity index (χ2v) is 1.56. The Hall–Kier alpha value is 0.759. The zero-order valence-corrected chi connectivity index (χ0v) is 5.10. The van der Waals surface area contributed by atoms with Crippen molar-refractivity contribution in [2.45, 2.75) is 0 Å². The van der Waals surface area contributed by atoms with E-state index in [1.807, 2.05) is 0 Å². The Morgan fingerprint density at radius 3 is 1.80 bits per heavy atom. The predicted molar refractivity (Wildman–Crippen MR) is 25.8 cm³/mol. The third-order valence-electron chi connectivity index (χ3n) is 0.